The Morgan fingerprint density at radius 3 is 2.92 bits per heavy atom. The van der Waals surface area contributed by atoms with Gasteiger partial charge in [-0.15, -0.1) is 0 Å². The Balaban J connectivity index is 2.11. The first kappa shape index (κ1) is 17.2. The van der Waals surface area contributed by atoms with Crippen molar-refractivity contribution in [3.05, 3.63) is 26.9 Å². The van der Waals surface area contributed by atoms with E-state index in [0.29, 0.717) is 27.2 Å². The number of halogens is 3. The summed E-state index contributed by atoms with van der Waals surface area (Å²) in [6, 6.07) is 0. The number of rotatable bonds is 0. The molecule has 2 aliphatic heterocycles. The fourth-order valence-corrected chi connectivity index (χ4v) is 6.95. The molecular formula is C14H13ClFIN4OS2. The number of fused-ring (bicyclic) bond motifs is 2. The first-order valence-corrected chi connectivity index (χ1v) is 10.8. The quantitative estimate of drug-likeness (QED) is 0.409. The molecule has 2 aromatic rings. The van der Waals surface area contributed by atoms with Gasteiger partial charge in [-0.25, -0.2) is 12.0 Å². The second kappa shape index (κ2) is 6.19. The van der Waals surface area contributed by atoms with Gasteiger partial charge in [-0.05, 0) is 14.0 Å². The second-order valence-corrected chi connectivity index (χ2v) is 9.63. The van der Waals surface area contributed by atoms with Crippen molar-refractivity contribution in [1.29, 1.82) is 0 Å². The zero-order chi connectivity index (χ0) is 17.2. The number of benzene rings is 1. The van der Waals surface area contributed by atoms with E-state index in [0.717, 1.165) is 19.6 Å². The van der Waals surface area contributed by atoms with Crippen molar-refractivity contribution in [3.8, 4) is 0 Å². The van der Waals surface area contributed by atoms with Crippen molar-refractivity contribution in [2.24, 2.45) is 0 Å². The van der Waals surface area contributed by atoms with Gasteiger partial charge in [0.15, 0.2) is 0 Å². The summed E-state index contributed by atoms with van der Waals surface area (Å²) in [4.78, 5) is 21.5. The Morgan fingerprint density at radius 1 is 1.42 bits per heavy atom. The molecule has 0 N–H and O–H groups in total. The van der Waals surface area contributed by atoms with Crippen molar-refractivity contribution >= 4 is 72.8 Å². The van der Waals surface area contributed by atoms with Crippen molar-refractivity contribution in [2.45, 2.75) is 17.2 Å². The van der Waals surface area contributed by atoms with E-state index in [4.69, 9.17) is 11.6 Å². The molecule has 5 nitrogen and oxygen atoms in total. The molecule has 0 amide bonds. The van der Waals surface area contributed by atoms with E-state index < -0.39 is 0 Å². The lowest BCUT2D eigenvalue weighted by Crippen LogP contribution is -2.50. The van der Waals surface area contributed by atoms with Crippen LogP contribution in [0.3, 0.4) is 0 Å². The smallest absolute Gasteiger partial charge is 0.340 e. The Labute approximate surface area is 164 Å². The van der Waals surface area contributed by atoms with Crippen LogP contribution in [-0.4, -0.2) is 44.7 Å². The van der Waals surface area contributed by atoms with Crippen LogP contribution in [0.15, 0.2) is 9.69 Å². The molecule has 1 aromatic heterocycles. The highest BCUT2D eigenvalue weighted by atomic mass is 127. The van der Waals surface area contributed by atoms with Gasteiger partial charge < -0.3 is 9.80 Å². The third kappa shape index (κ3) is 2.46. The molecule has 128 valence electrons. The van der Waals surface area contributed by atoms with E-state index >= 15 is 0 Å². The molecule has 0 radical (unpaired) electrons. The van der Waals surface area contributed by atoms with Gasteiger partial charge >= 0.3 is 5.69 Å². The lowest BCUT2D eigenvalue weighted by molar-refractivity contribution is 0.301. The van der Waals surface area contributed by atoms with Crippen molar-refractivity contribution in [2.75, 3.05) is 31.6 Å². The summed E-state index contributed by atoms with van der Waals surface area (Å²) in [7, 11) is 5.08. The summed E-state index contributed by atoms with van der Waals surface area (Å²) in [6.45, 7) is 4.09. The molecule has 1 atom stereocenters. The zero-order valence-corrected chi connectivity index (χ0v) is 17.4. The molecule has 0 spiro atoms. The van der Waals surface area contributed by atoms with Gasteiger partial charge in [-0.1, -0.05) is 33.2 Å². The molecule has 1 aromatic carbocycles. The van der Waals surface area contributed by atoms with Crippen LogP contribution in [0.4, 0.5) is 10.2 Å². The van der Waals surface area contributed by atoms with E-state index in [1.165, 1.54) is 13.6 Å². The minimum Gasteiger partial charge on any atom is -0.340 e. The van der Waals surface area contributed by atoms with Gasteiger partial charge in [-0.2, -0.15) is 4.98 Å². The fraction of sp³-hybridized carbons (Fsp3) is 0.429. The van der Waals surface area contributed by atoms with Gasteiger partial charge in [0.2, 0.25) is 0 Å². The highest BCUT2D eigenvalue weighted by molar-refractivity contribution is 14.1. The molecule has 3 heterocycles. The number of hydrogen-bond acceptors (Lipinski definition) is 6. The average Bonchev–Trinajstić information content (AvgIpc) is 2.70. The Morgan fingerprint density at radius 2 is 2.17 bits per heavy atom. The van der Waals surface area contributed by atoms with Crippen LogP contribution in [-0.2, 0) is 0 Å². The van der Waals surface area contributed by atoms with Crippen molar-refractivity contribution in [1.82, 2.24) is 12.7 Å². The van der Waals surface area contributed by atoms with Crippen LogP contribution < -0.4 is 10.6 Å². The molecule has 0 bridgehead atoms. The summed E-state index contributed by atoms with van der Waals surface area (Å²) < 4.78 is 16.3. The summed E-state index contributed by atoms with van der Waals surface area (Å²) >= 11 is 8.30. The third-order valence-electron chi connectivity index (χ3n) is 4.37. The zero-order valence-electron chi connectivity index (χ0n) is 12.8. The average molecular weight is 499 g/mol. The van der Waals surface area contributed by atoms with Gasteiger partial charge in [0.1, 0.15) is 11.6 Å². The minimum atomic E-state index is -0.383. The van der Waals surface area contributed by atoms with Crippen LogP contribution >= 0.6 is 56.1 Å². The van der Waals surface area contributed by atoms with E-state index in [1.54, 1.807) is 17.7 Å². The van der Waals surface area contributed by atoms with Crippen LogP contribution in [0.25, 0.3) is 10.9 Å². The topological polar surface area (TPSA) is 41.4 Å². The lowest BCUT2D eigenvalue weighted by atomic mass is 10.1. The van der Waals surface area contributed by atoms with Crippen LogP contribution in [0.5, 0.6) is 0 Å². The molecule has 0 aliphatic carbocycles. The standard InChI is InChI=1S/C14H13ClFIN4OS2/c1-6-9(15)11-8-12(10(6)16)24-23-7-5-19(2)3-4-20(7)13(8)18-14(22)21(11)17/h7H,3-5H2,1-2H3. The van der Waals surface area contributed by atoms with Crippen molar-refractivity contribution < 1.29 is 4.39 Å². The lowest BCUT2D eigenvalue weighted by Gasteiger charge is -2.39. The maximum absolute atomic E-state index is 14.9. The number of anilines is 1. The monoisotopic (exact) mass is 498 g/mol. The van der Waals surface area contributed by atoms with Gasteiger partial charge in [-0.3, -0.25) is 0 Å². The molecule has 24 heavy (non-hydrogen) atoms. The highest BCUT2D eigenvalue weighted by Crippen LogP contribution is 2.50. The van der Waals surface area contributed by atoms with Crippen LogP contribution in [0.2, 0.25) is 5.02 Å². The summed E-state index contributed by atoms with van der Waals surface area (Å²) in [5.41, 5.74) is 0.534. The maximum atomic E-state index is 14.9. The molecule has 1 unspecified atom stereocenters. The summed E-state index contributed by atoms with van der Waals surface area (Å²) in [5, 5.41) is 1.03. The molecule has 10 heteroatoms. The molecular weight excluding hydrogens is 486 g/mol. The van der Waals surface area contributed by atoms with Crippen LogP contribution in [0.1, 0.15) is 5.56 Å². The van der Waals surface area contributed by atoms with E-state index in [1.807, 2.05) is 22.9 Å². The van der Waals surface area contributed by atoms with E-state index in [2.05, 4.69) is 21.8 Å². The molecule has 1 saturated heterocycles. The fourth-order valence-electron chi connectivity index (χ4n) is 3.04. The number of hydrogen-bond donors (Lipinski definition) is 0. The van der Waals surface area contributed by atoms with E-state index in [9.17, 15) is 9.18 Å². The Kier molecular flexibility index (Phi) is 4.43. The summed E-state index contributed by atoms with van der Waals surface area (Å²) in [5.74, 6) is 0.227. The third-order valence-corrected chi connectivity index (χ3v) is 8.46. The van der Waals surface area contributed by atoms with Gasteiger partial charge in [0.05, 0.1) is 49.1 Å². The first-order valence-electron chi connectivity index (χ1n) is 7.29. The normalized spacial score (nSPS) is 21.0. The Hall–Kier alpha value is -0.230. The van der Waals surface area contributed by atoms with Gasteiger partial charge in [0.25, 0.3) is 0 Å². The first-order chi connectivity index (χ1) is 11.4. The maximum Gasteiger partial charge on any atom is 0.359 e. The molecule has 1 fully saturated rings. The molecule has 0 saturated carbocycles. The Bertz CT molecular complexity index is 924. The highest BCUT2D eigenvalue weighted by Gasteiger charge is 2.35. The number of piperazine rings is 1. The minimum absolute atomic E-state index is 0.111. The predicted octanol–water partition coefficient (Wildman–Crippen LogP) is 3.53. The predicted molar refractivity (Wildman–Crippen MR) is 107 cm³/mol. The number of aromatic nitrogens is 2. The van der Waals surface area contributed by atoms with Crippen LogP contribution in [0, 0.1) is 12.7 Å². The molecule has 2 aliphatic rings. The number of nitrogens with zero attached hydrogens (tertiary/aromatic N) is 4. The number of likely N-dealkylation sites (N-methyl/N-ethyl adjacent to an activating group) is 1. The van der Waals surface area contributed by atoms with Crippen molar-refractivity contribution in [3.63, 3.8) is 0 Å². The molecule has 4 rings (SSSR count). The largest absolute Gasteiger partial charge is 0.359 e. The SMILES string of the molecule is Cc1c(F)c2c3c(nc(=O)n(I)c3c1Cl)N1CCN(C)CC1SS2. The van der Waals surface area contributed by atoms with E-state index in [-0.39, 0.29) is 21.9 Å². The summed E-state index contributed by atoms with van der Waals surface area (Å²) in [6.07, 6.45) is 0. The second-order valence-electron chi connectivity index (χ2n) is 5.89. The van der Waals surface area contributed by atoms with Gasteiger partial charge in [0, 0.05) is 25.2 Å².